The summed E-state index contributed by atoms with van der Waals surface area (Å²) in [5.74, 6) is 2.28. The molecule has 0 radical (unpaired) electrons. The minimum atomic E-state index is 0.593. The van der Waals surface area contributed by atoms with Crippen LogP contribution in [0.1, 0.15) is 129 Å². The Bertz CT molecular complexity index is 925. The second kappa shape index (κ2) is 30.7. The largest absolute Gasteiger partial charge is 0.381 e. The highest BCUT2D eigenvalue weighted by molar-refractivity contribution is 7.09. The predicted molar refractivity (Wildman–Crippen MR) is 195 cm³/mol. The average molecular weight is 631 g/mol. The molecule has 2 aliphatic heterocycles. The van der Waals surface area contributed by atoms with Crippen LogP contribution in [-0.2, 0) is 9.47 Å². The highest BCUT2D eigenvalue weighted by Gasteiger charge is 2.16. The van der Waals surface area contributed by atoms with E-state index in [-0.39, 0.29) is 0 Å². The number of ether oxygens (including phenoxy) is 2. The molecule has 0 aromatic carbocycles. The van der Waals surface area contributed by atoms with Gasteiger partial charge in [0.15, 0.2) is 0 Å². The van der Waals surface area contributed by atoms with Crippen molar-refractivity contribution in [2.45, 2.75) is 121 Å². The van der Waals surface area contributed by atoms with Crippen molar-refractivity contribution >= 4 is 17.2 Å². The van der Waals surface area contributed by atoms with Crippen LogP contribution in [0, 0.1) is 13.8 Å². The molecule has 252 valence electrons. The van der Waals surface area contributed by atoms with Gasteiger partial charge in [0.2, 0.25) is 0 Å². The molecule has 3 aromatic rings. The zero-order valence-electron chi connectivity index (χ0n) is 30.4. The Labute approximate surface area is 276 Å². The summed E-state index contributed by atoms with van der Waals surface area (Å²) in [7, 11) is 0. The lowest BCUT2D eigenvalue weighted by Crippen LogP contribution is -2.36. The Morgan fingerprint density at radius 3 is 1.84 bits per heavy atom. The smallest absolute Gasteiger partial charge is 0.128 e. The highest BCUT2D eigenvalue weighted by Crippen LogP contribution is 2.25. The van der Waals surface area contributed by atoms with Gasteiger partial charge in [0.25, 0.3) is 0 Å². The Morgan fingerprint density at radius 2 is 1.39 bits per heavy atom. The number of hydrogen-bond donors (Lipinski definition) is 0. The number of nitrogens with zero attached hydrogens (tertiary/aromatic N) is 4. The lowest BCUT2D eigenvalue weighted by molar-refractivity contribution is 0.0845. The fraction of sp³-hybridized carbons (Fsp3) is 0.649. The van der Waals surface area contributed by atoms with Gasteiger partial charge in [0, 0.05) is 67.3 Å². The molecule has 5 heterocycles. The minimum Gasteiger partial charge on any atom is -0.381 e. The molecular weight excluding hydrogens is 565 g/mol. The van der Waals surface area contributed by atoms with Crippen molar-refractivity contribution < 1.29 is 9.47 Å². The maximum atomic E-state index is 5.32. The van der Waals surface area contributed by atoms with Crippen LogP contribution in [0.5, 0.6) is 0 Å². The van der Waals surface area contributed by atoms with Gasteiger partial charge in [-0.25, -0.2) is 9.97 Å². The first-order valence-corrected chi connectivity index (χ1v) is 17.9. The molecule has 0 amide bonds. The number of morpholine rings is 1. The molecule has 2 fully saturated rings. The molecule has 0 N–H and O–H groups in total. The van der Waals surface area contributed by atoms with Gasteiger partial charge in [-0.1, -0.05) is 88.1 Å². The van der Waals surface area contributed by atoms with E-state index in [1.807, 2.05) is 70.6 Å². The van der Waals surface area contributed by atoms with Crippen LogP contribution in [0.3, 0.4) is 0 Å². The van der Waals surface area contributed by atoms with E-state index in [4.69, 9.17) is 9.47 Å². The molecule has 0 spiro atoms. The van der Waals surface area contributed by atoms with E-state index >= 15 is 0 Å². The number of pyridine rings is 2. The van der Waals surface area contributed by atoms with E-state index in [0.29, 0.717) is 11.8 Å². The molecule has 7 heteroatoms. The molecule has 0 atom stereocenters. The zero-order chi connectivity index (χ0) is 33.6. The van der Waals surface area contributed by atoms with Gasteiger partial charge < -0.3 is 14.4 Å². The van der Waals surface area contributed by atoms with E-state index in [9.17, 15) is 0 Å². The number of thiazole rings is 1. The second-order valence-corrected chi connectivity index (χ2v) is 11.2. The molecule has 3 aromatic heterocycles. The first-order chi connectivity index (χ1) is 21.4. The molecule has 2 saturated heterocycles. The first-order valence-electron chi connectivity index (χ1n) is 17.0. The quantitative estimate of drug-likeness (QED) is 0.287. The van der Waals surface area contributed by atoms with Crippen molar-refractivity contribution in [1.82, 2.24) is 15.0 Å². The monoisotopic (exact) mass is 630 g/mol. The van der Waals surface area contributed by atoms with Crippen molar-refractivity contribution in [3.05, 3.63) is 70.1 Å². The van der Waals surface area contributed by atoms with Crippen LogP contribution in [0.25, 0.3) is 0 Å². The lowest BCUT2D eigenvalue weighted by Gasteiger charge is -2.27. The second-order valence-electron chi connectivity index (χ2n) is 10.3. The fourth-order valence-electron chi connectivity index (χ4n) is 3.79. The average Bonchev–Trinajstić information content (AvgIpc) is 3.62. The molecule has 0 bridgehead atoms. The summed E-state index contributed by atoms with van der Waals surface area (Å²) < 4.78 is 10.6. The number of aromatic nitrogens is 3. The van der Waals surface area contributed by atoms with Crippen LogP contribution < -0.4 is 4.90 Å². The van der Waals surface area contributed by atoms with E-state index < -0.39 is 0 Å². The third kappa shape index (κ3) is 21.4. The Kier molecular flexibility index (Phi) is 30.5. The van der Waals surface area contributed by atoms with Gasteiger partial charge in [-0.15, -0.1) is 11.3 Å². The zero-order valence-corrected chi connectivity index (χ0v) is 31.2. The number of aryl methyl sites for hydroxylation is 2. The van der Waals surface area contributed by atoms with Crippen LogP contribution >= 0.6 is 11.3 Å². The molecule has 0 unspecified atom stereocenters. The molecular formula is C37H66N4O2S. The van der Waals surface area contributed by atoms with Crippen LogP contribution in [0.15, 0.2) is 48.1 Å². The van der Waals surface area contributed by atoms with Crippen molar-refractivity contribution in [3.63, 3.8) is 0 Å². The van der Waals surface area contributed by atoms with E-state index in [1.165, 1.54) is 29.1 Å². The maximum absolute atomic E-state index is 5.32. The van der Waals surface area contributed by atoms with Crippen LogP contribution in [-0.4, -0.2) is 54.5 Å². The topological polar surface area (TPSA) is 60.4 Å². The normalized spacial score (nSPS) is 13.7. The summed E-state index contributed by atoms with van der Waals surface area (Å²) in [4.78, 5) is 15.3. The van der Waals surface area contributed by atoms with Gasteiger partial charge in [0.1, 0.15) is 5.82 Å². The molecule has 44 heavy (non-hydrogen) atoms. The summed E-state index contributed by atoms with van der Waals surface area (Å²) in [6.07, 6.45) is 8.49. The third-order valence-corrected chi connectivity index (χ3v) is 6.81. The van der Waals surface area contributed by atoms with Crippen molar-refractivity contribution in [1.29, 1.82) is 0 Å². The number of anilines is 1. The first kappa shape index (κ1) is 43.8. The predicted octanol–water partition coefficient (Wildman–Crippen LogP) is 10.7. The van der Waals surface area contributed by atoms with Gasteiger partial charge in [0.05, 0.1) is 18.2 Å². The van der Waals surface area contributed by atoms with Crippen molar-refractivity contribution in [3.8, 4) is 0 Å². The number of rotatable bonds is 3. The van der Waals surface area contributed by atoms with E-state index in [1.54, 1.807) is 11.3 Å². The molecule has 5 rings (SSSR count). The van der Waals surface area contributed by atoms with Gasteiger partial charge in [-0.2, -0.15) is 0 Å². The molecule has 0 aliphatic carbocycles. The SMILES string of the molecule is CC.CC.CC(C)c1nccs1.CCC.CCC.Cc1cccc(N2CCOCC2)n1.Cc1ccnc(C2CCOCC2)c1. The Morgan fingerprint density at radius 1 is 0.818 bits per heavy atom. The summed E-state index contributed by atoms with van der Waals surface area (Å²) in [6.45, 7) is 30.3. The summed E-state index contributed by atoms with van der Waals surface area (Å²) in [5, 5.41) is 3.24. The van der Waals surface area contributed by atoms with Gasteiger partial charge in [-0.05, 0) is 56.5 Å². The third-order valence-electron chi connectivity index (χ3n) is 5.73. The Balaban J connectivity index is 0. The summed E-state index contributed by atoms with van der Waals surface area (Å²) in [6, 6.07) is 10.4. The van der Waals surface area contributed by atoms with Gasteiger partial charge >= 0.3 is 0 Å². The standard InChI is InChI=1S/C11H15NO.C10H14N2O.C6H9NS.2C3H8.2C2H6/c1-9-2-5-12-11(8-9)10-3-6-13-7-4-10;1-9-3-2-4-10(11-9)12-5-7-13-8-6-12;1-5(2)6-7-3-4-8-6;2*1-3-2;2*1-2/h2,5,8,10H,3-4,6-7H2,1H3;2-4H,5-8H2,1H3;3-5H,1-2H3;2*3H2,1-2H3;2*1-2H3. The highest BCUT2D eigenvalue weighted by atomic mass is 32.1. The molecule has 6 nitrogen and oxygen atoms in total. The van der Waals surface area contributed by atoms with E-state index in [0.717, 1.165) is 63.9 Å². The van der Waals surface area contributed by atoms with Crippen molar-refractivity contribution in [2.24, 2.45) is 0 Å². The maximum Gasteiger partial charge on any atom is 0.128 e. The Hall–Kier alpha value is -2.35. The van der Waals surface area contributed by atoms with Gasteiger partial charge in [-0.3, -0.25) is 4.98 Å². The molecule has 0 saturated carbocycles. The van der Waals surface area contributed by atoms with Crippen LogP contribution in [0.4, 0.5) is 5.82 Å². The van der Waals surface area contributed by atoms with Crippen LogP contribution in [0.2, 0.25) is 0 Å². The summed E-state index contributed by atoms with van der Waals surface area (Å²) in [5.41, 5.74) is 3.61. The number of hydrogen-bond acceptors (Lipinski definition) is 7. The molecule has 2 aliphatic rings. The fourth-order valence-corrected chi connectivity index (χ4v) is 4.45. The van der Waals surface area contributed by atoms with Crippen molar-refractivity contribution in [2.75, 3.05) is 44.4 Å². The lowest BCUT2D eigenvalue weighted by atomic mass is 9.95. The summed E-state index contributed by atoms with van der Waals surface area (Å²) >= 11 is 1.72. The van der Waals surface area contributed by atoms with E-state index in [2.05, 4.69) is 80.5 Å². The minimum absolute atomic E-state index is 0.593.